The molecule has 2 fully saturated rings. The van der Waals surface area contributed by atoms with Crippen LogP contribution in [0.4, 0.5) is 0 Å². The van der Waals surface area contributed by atoms with Crippen LogP contribution in [0.1, 0.15) is 32.6 Å². The molecule has 1 aliphatic heterocycles. The van der Waals surface area contributed by atoms with Gasteiger partial charge in [0.1, 0.15) is 6.04 Å². The maximum Gasteiger partial charge on any atom is 0.249 e. The van der Waals surface area contributed by atoms with Crippen LogP contribution in [-0.2, 0) is 4.79 Å². The first-order valence-electron chi connectivity index (χ1n) is 5.43. The van der Waals surface area contributed by atoms with E-state index in [-0.39, 0.29) is 11.9 Å². The second-order valence-electron chi connectivity index (χ2n) is 4.03. The molecule has 2 aliphatic rings. The quantitative estimate of drug-likeness (QED) is 0.694. The third-order valence-electron chi connectivity index (χ3n) is 2.93. The number of rotatable bonds is 3. The van der Waals surface area contributed by atoms with Crippen LogP contribution in [0.15, 0.2) is 4.99 Å². The van der Waals surface area contributed by atoms with Gasteiger partial charge in [0.15, 0.2) is 5.96 Å². The average molecular weight is 195 g/mol. The van der Waals surface area contributed by atoms with Crippen molar-refractivity contribution in [2.24, 2.45) is 10.9 Å². The van der Waals surface area contributed by atoms with E-state index < -0.39 is 0 Å². The molecule has 0 aromatic rings. The minimum atomic E-state index is -0.0145. The summed E-state index contributed by atoms with van der Waals surface area (Å²) in [4.78, 5) is 15.8. The van der Waals surface area contributed by atoms with Crippen molar-refractivity contribution in [3.05, 3.63) is 0 Å². The number of hydrogen-bond acceptors (Lipinski definition) is 2. The fourth-order valence-electron chi connectivity index (χ4n) is 1.86. The molecule has 1 heterocycles. The predicted molar refractivity (Wildman–Crippen MR) is 55.0 cm³/mol. The number of guanidine groups is 1. The Labute approximate surface area is 84.2 Å². The molecule has 0 spiro atoms. The van der Waals surface area contributed by atoms with Gasteiger partial charge in [-0.15, -0.1) is 0 Å². The van der Waals surface area contributed by atoms with Crippen LogP contribution in [0.25, 0.3) is 0 Å². The fraction of sp³-hybridized carbons (Fsp3) is 0.800. The highest BCUT2D eigenvalue weighted by Gasteiger charge is 2.37. The van der Waals surface area contributed by atoms with Gasteiger partial charge in [-0.05, 0) is 25.2 Å². The maximum atomic E-state index is 11.5. The average Bonchev–Trinajstić information content (AvgIpc) is 2.42. The van der Waals surface area contributed by atoms with Crippen molar-refractivity contribution in [1.29, 1.82) is 0 Å². The standard InChI is InChI=1S/C10H17N3O/c1-2-6-11-10-12-8(9(14)13-10)7-4-3-5-7/h7-8H,2-6H2,1H3,(H2,11,12,13,14). The van der Waals surface area contributed by atoms with E-state index in [2.05, 4.69) is 22.5 Å². The number of carbonyl (C=O) groups excluding carboxylic acids is 1. The normalized spacial score (nSPS) is 29.9. The first-order valence-corrected chi connectivity index (χ1v) is 5.43. The molecule has 14 heavy (non-hydrogen) atoms. The summed E-state index contributed by atoms with van der Waals surface area (Å²) in [6.45, 7) is 2.85. The van der Waals surface area contributed by atoms with E-state index in [9.17, 15) is 4.79 Å². The Morgan fingerprint density at radius 1 is 1.50 bits per heavy atom. The number of nitrogens with one attached hydrogen (secondary N) is 2. The maximum absolute atomic E-state index is 11.5. The zero-order valence-corrected chi connectivity index (χ0v) is 8.55. The van der Waals surface area contributed by atoms with Crippen molar-refractivity contribution in [3.63, 3.8) is 0 Å². The number of aliphatic imine (C=N–C) groups is 1. The van der Waals surface area contributed by atoms with E-state index in [4.69, 9.17) is 0 Å². The van der Waals surface area contributed by atoms with Crippen molar-refractivity contribution in [2.45, 2.75) is 38.6 Å². The van der Waals surface area contributed by atoms with Crippen LogP contribution >= 0.6 is 0 Å². The van der Waals surface area contributed by atoms with Crippen molar-refractivity contribution >= 4 is 11.9 Å². The first-order chi connectivity index (χ1) is 6.81. The van der Waals surface area contributed by atoms with Gasteiger partial charge in [0.2, 0.25) is 5.91 Å². The van der Waals surface area contributed by atoms with Crippen molar-refractivity contribution in [2.75, 3.05) is 6.54 Å². The van der Waals surface area contributed by atoms with Crippen LogP contribution in [0, 0.1) is 5.92 Å². The predicted octanol–water partition coefficient (Wildman–Crippen LogP) is 0.640. The second-order valence-corrected chi connectivity index (χ2v) is 4.03. The van der Waals surface area contributed by atoms with E-state index in [0.29, 0.717) is 11.9 Å². The number of carbonyl (C=O) groups is 1. The Morgan fingerprint density at radius 2 is 2.29 bits per heavy atom. The summed E-state index contributed by atoms with van der Waals surface area (Å²) >= 11 is 0. The SMILES string of the molecule is CCCN=C1NC(=O)C(C2CCC2)N1. The van der Waals surface area contributed by atoms with Crippen molar-refractivity contribution in [1.82, 2.24) is 10.6 Å². The van der Waals surface area contributed by atoms with E-state index in [1.807, 2.05) is 0 Å². The number of hydrogen-bond donors (Lipinski definition) is 2. The van der Waals surface area contributed by atoms with Crippen molar-refractivity contribution in [3.8, 4) is 0 Å². The van der Waals surface area contributed by atoms with Crippen LogP contribution < -0.4 is 10.6 Å². The summed E-state index contributed by atoms with van der Waals surface area (Å²) in [6, 6.07) is -0.0145. The minimum Gasteiger partial charge on any atom is -0.344 e. The molecule has 1 unspecified atom stereocenters. The first kappa shape index (κ1) is 9.49. The third kappa shape index (κ3) is 1.74. The summed E-state index contributed by atoms with van der Waals surface area (Å²) in [6.07, 6.45) is 4.62. The van der Waals surface area contributed by atoms with E-state index in [0.717, 1.165) is 13.0 Å². The largest absolute Gasteiger partial charge is 0.344 e. The highest BCUT2D eigenvalue weighted by Crippen LogP contribution is 2.30. The van der Waals surface area contributed by atoms with Crippen LogP contribution in [-0.4, -0.2) is 24.5 Å². The highest BCUT2D eigenvalue weighted by molar-refractivity contribution is 6.06. The topological polar surface area (TPSA) is 53.5 Å². The Balaban J connectivity index is 1.92. The Morgan fingerprint density at radius 3 is 2.86 bits per heavy atom. The summed E-state index contributed by atoms with van der Waals surface area (Å²) in [5.74, 6) is 1.31. The van der Waals surface area contributed by atoms with Gasteiger partial charge in [-0.1, -0.05) is 13.3 Å². The van der Waals surface area contributed by atoms with Crippen molar-refractivity contribution < 1.29 is 4.79 Å². The van der Waals surface area contributed by atoms with Crippen LogP contribution in [0.5, 0.6) is 0 Å². The lowest BCUT2D eigenvalue weighted by atomic mass is 9.80. The van der Waals surface area contributed by atoms with E-state index in [1.54, 1.807) is 0 Å². The zero-order valence-electron chi connectivity index (χ0n) is 8.55. The molecule has 0 aromatic carbocycles. The Hall–Kier alpha value is -1.06. The molecular weight excluding hydrogens is 178 g/mol. The molecule has 2 rings (SSSR count). The van der Waals surface area contributed by atoms with E-state index in [1.165, 1.54) is 19.3 Å². The molecule has 0 bridgehead atoms. The Kier molecular flexibility index (Phi) is 2.70. The monoisotopic (exact) mass is 195 g/mol. The van der Waals surface area contributed by atoms with Crippen LogP contribution in [0.3, 0.4) is 0 Å². The smallest absolute Gasteiger partial charge is 0.249 e. The molecule has 1 saturated carbocycles. The molecule has 0 aromatic heterocycles. The number of nitrogens with zero attached hydrogens (tertiary/aromatic N) is 1. The minimum absolute atomic E-state index is 0.0145. The highest BCUT2D eigenvalue weighted by atomic mass is 16.2. The molecule has 4 nitrogen and oxygen atoms in total. The summed E-state index contributed by atoms with van der Waals surface area (Å²) in [5.41, 5.74) is 0. The van der Waals surface area contributed by atoms with Gasteiger partial charge >= 0.3 is 0 Å². The summed E-state index contributed by atoms with van der Waals surface area (Å²) in [7, 11) is 0. The Bertz CT molecular complexity index is 258. The molecule has 2 N–H and O–H groups in total. The van der Waals surface area contributed by atoms with Gasteiger partial charge in [0.25, 0.3) is 0 Å². The molecule has 1 atom stereocenters. The van der Waals surface area contributed by atoms with Gasteiger partial charge in [0.05, 0.1) is 0 Å². The molecule has 1 amide bonds. The van der Waals surface area contributed by atoms with Gasteiger partial charge in [0, 0.05) is 6.54 Å². The zero-order chi connectivity index (χ0) is 9.97. The lowest BCUT2D eigenvalue weighted by Gasteiger charge is -2.29. The van der Waals surface area contributed by atoms with Gasteiger partial charge in [-0.3, -0.25) is 15.1 Å². The lowest BCUT2D eigenvalue weighted by Crippen LogP contribution is -2.40. The molecule has 1 aliphatic carbocycles. The summed E-state index contributed by atoms with van der Waals surface area (Å²) < 4.78 is 0. The van der Waals surface area contributed by atoms with E-state index >= 15 is 0 Å². The van der Waals surface area contributed by atoms with Gasteiger partial charge < -0.3 is 5.32 Å². The second kappa shape index (κ2) is 3.98. The fourth-order valence-corrected chi connectivity index (χ4v) is 1.86. The number of amides is 1. The molecule has 1 saturated heterocycles. The molecule has 78 valence electrons. The third-order valence-corrected chi connectivity index (χ3v) is 2.93. The van der Waals surface area contributed by atoms with Gasteiger partial charge in [-0.25, -0.2) is 0 Å². The molecule has 0 radical (unpaired) electrons. The molecular formula is C10H17N3O. The van der Waals surface area contributed by atoms with Gasteiger partial charge in [-0.2, -0.15) is 0 Å². The summed E-state index contributed by atoms with van der Waals surface area (Å²) in [5, 5.41) is 5.95. The van der Waals surface area contributed by atoms with Crippen LogP contribution in [0.2, 0.25) is 0 Å². The molecule has 4 heteroatoms. The lowest BCUT2D eigenvalue weighted by molar-refractivity contribution is -0.121.